The summed E-state index contributed by atoms with van der Waals surface area (Å²) in [5, 5.41) is 8.40. The Kier molecular flexibility index (Phi) is 5.29. The van der Waals surface area contributed by atoms with Gasteiger partial charge in [-0.25, -0.2) is 5.48 Å². The van der Waals surface area contributed by atoms with Gasteiger partial charge in [0.2, 0.25) is 0 Å². The van der Waals surface area contributed by atoms with Crippen LogP contribution in [0.3, 0.4) is 0 Å². The molecule has 0 atom stereocenters. The molecule has 0 saturated carbocycles. The molecule has 0 radical (unpaired) electrons. The van der Waals surface area contributed by atoms with Crippen LogP contribution in [0.4, 0.5) is 0 Å². The maximum absolute atomic E-state index is 10.9. The summed E-state index contributed by atoms with van der Waals surface area (Å²) in [5.74, 6) is -0.522. The van der Waals surface area contributed by atoms with Gasteiger partial charge in [-0.15, -0.1) is 0 Å². The van der Waals surface area contributed by atoms with Crippen LogP contribution in [0, 0.1) is 0 Å². The van der Waals surface area contributed by atoms with Gasteiger partial charge in [-0.2, -0.15) is 0 Å². The molecule has 1 amide bonds. The predicted molar refractivity (Wildman–Crippen MR) is 78.2 cm³/mol. The Balaban J connectivity index is 1.88. The van der Waals surface area contributed by atoms with E-state index in [4.69, 9.17) is 5.21 Å². The first-order valence-electron chi connectivity index (χ1n) is 6.79. The Bertz CT molecular complexity index is 463. The van der Waals surface area contributed by atoms with Crippen LogP contribution in [0.1, 0.15) is 11.1 Å². The van der Waals surface area contributed by atoms with Gasteiger partial charge in [-0.05, 0) is 24.3 Å². The molecular weight excluding hydrogens is 254 g/mol. The van der Waals surface area contributed by atoms with Crippen molar-refractivity contribution in [3.63, 3.8) is 0 Å². The zero-order valence-electron chi connectivity index (χ0n) is 11.7. The van der Waals surface area contributed by atoms with Gasteiger partial charge in [-0.3, -0.25) is 14.9 Å². The highest BCUT2D eigenvalue weighted by molar-refractivity contribution is 5.90. The van der Waals surface area contributed by atoms with Crippen LogP contribution >= 0.6 is 0 Å². The number of rotatable bonds is 4. The van der Waals surface area contributed by atoms with Gasteiger partial charge in [0.15, 0.2) is 0 Å². The molecule has 1 aliphatic rings. The molecule has 2 rings (SSSR count). The summed E-state index contributed by atoms with van der Waals surface area (Å²) >= 11 is 0. The number of hydroxylamine groups is 1. The first kappa shape index (κ1) is 14.7. The highest BCUT2D eigenvalue weighted by Crippen LogP contribution is 2.10. The molecule has 0 spiro atoms. The number of piperazine rings is 1. The zero-order valence-corrected chi connectivity index (χ0v) is 11.7. The van der Waals surface area contributed by atoms with Gasteiger partial charge < -0.3 is 4.90 Å². The molecule has 5 nitrogen and oxygen atoms in total. The van der Waals surface area contributed by atoms with Crippen molar-refractivity contribution < 1.29 is 10.0 Å². The molecule has 1 aromatic carbocycles. The van der Waals surface area contributed by atoms with E-state index in [1.165, 1.54) is 11.6 Å². The SMILES string of the molecule is CN1CCN(Cc2ccc(C=CC(=O)NO)cc2)CC1. The van der Waals surface area contributed by atoms with Crippen LogP contribution in [0.5, 0.6) is 0 Å². The summed E-state index contributed by atoms with van der Waals surface area (Å²) in [6, 6.07) is 8.11. The molecule has 0 aliphatic carbocycles. The van der Waals surface area contributed by atoms with Crippen LogP contribution in [0.15, 0.2) is 30.3 Å². The lowest BCUT2D eigenvalue weighted by Gasteiger charge is -2.32. The van der Waals surface area contributed by atoms with Gasteiger partial charge in [0, 0.05) is 38.8 Å². The van der Waals surface area contributed by atoms with E-state index in [1.54, 1.807) is 11.6 Å². The minimum atomic E-state index is -0.522. The van der Waals surface area contributed by atoms with E-state index in [9.17, 15) is 4.79 Å². The van der Waals surface area contributed by atoms with Gasteiger partial charge >= 0.3 is 0 Å². The molecule has 0 bridgehead atoms. The molecule has 1 heterocycles. The van der Waals surface area contributed by atoms with Crippen molar-refractivity contribution in [2.75, 3.05) is 33.2 Å². The summed E-state index contributed by atoms with van der Waals surface area (Å²) in [6.07, 6.45) is 2.97. The summed E-state index contributed by atoms with van der Waals surface area (Å²) in [7, 11) is 2.15. The van der Waals surface area contributed by atoms with Crippen molar-refractivity contribution in [2.24, 2.45) is 0 Å². The van der Waals surface area contributed by atoms with E-state index < -0.39 is 5.91 Å². The third-order valence-corrected chi connectivity index (χ3v) is 3.52. The van der Waals surface area contributed by atoms with E-state index >= 15 is 0 Å². The van der Waals surface area contributed by atoms with Crippen molar-refractivity contribution in [1.82, 2.24) is 15.3 Å². The van der Waals surface area contributed by atoms with Crippen molar-refractivity contribution in [3.05, 3.63) is 41.5 Å². The second kappa shape index (κ2) is 7.19. The average Bonchev–Trinajstić information content (AvgIpc) is 2.48. The highest BCUT2D eigenvalue weighted by Gasteiger charge is 2.13. The monoisotopic (exact) mass is 275 g/mol. The number of hydrogen-bond acceptors (Lipinski definition) is 4. The second-order valence-corrected chi connectivity index (χ2v) is 5.13. The van der Waals surface area contributed by atoms with E-state index in [0.29, 0.717) is 0 Å². The fourth-order valence-corrected chi connectivity index (χ4v) is 2.21. The molecule has 1 fully saturated rings. The quantitative estimate of drug-likeness (QED) is 0.488. The van der Waals surface area contributed by atoms with Crippen LogP contribution in [-0.4, -0.2) is 54.1 Å². The zero-order chi connectivity index (χ0) is 14.4. The fourth-order valence-electron chi connectivity index (χ4n) is 2.21. The minimum Gasteiger partial charge on any atom is -0.304 e. The number of likely N-dealkylation sites (N-methyl/N-ethyl adjacent to an activating group) is 1. The third-order valence-electron chi connectivity index (χ3n) is 3.52. The topological polar surface area (TPSA) is 55.8 Å². The summed E-state index contributed by atoms with van der Waals surface area (Å²) in [6.45, 7) is 5.42. The van der Waals surface area contributed by atoms with Crippen molar-refractivity contribution in [1.29, 1.82) is 0 Å². The van der Waals surface area contributed by atoms with Crippen molar-refractivity contribution in [3.8, 4) is 0 Å². The van der Waals surface area contributed by atoms with Gasteiger partial charge in [-0.1, -0.05) is 24.3 Å². The molecule has 0 unspecified atom stereocenters. The lowest BCUT2D eigenvalue weighted by Crippen LogP contribution is -2.43. The Hall–Kier alpha value is -1.69. The predicted octanol–water partition coefficient (Wildman–Crippen LogP) is 0.953. The Labute approximate surface area is 119 Å². The molecule has 1 aliphatic heterocycles. The largest absolute Gasteiger partial charge is 0.304 e. The number of hydrogen-bond donors (Lipinski definition) is 2. The fraction of sp³-hybridized carbons (Fsp3) is 0.400. The maximum atomic E-state index is 10.9. The molecule has 1 aromatic rings. The lowest BCUT2D eigenvalue weighted by atomic mass is 10.1. The normalized spacial score (nSPS) is 17.5. The number of nitrogens with one attached hydrogen (secondary N) is 1. The Morgan fingerprint density at radius 3 is 2.50 bits per heavy atom. The number of nitrogens with zero attached hydrogens (tertiary/aromatic N) is 2. The summed E-state index contributed by atoms with van der Waals surface area (Å²) in [4.78, 5) is 15.7. The van der Waals surface area contributed by atoms with Crippen molar-refractivity contribution in [2.45, 2.75) is 6.54 Å². The number of carbonyl (C=O) groups excluding carboxylic acids is 1. The van der Waals surface area contributed by atoms with Crippen LogP contribution < -0.4 is 5.48 Å². The first-order valence-corrected chi connectivity index (χ1v) is 6.79. The molecule has 0 aromatic heterocycles. The maximum Gasteiger partial charge on any atom is 0.267 e. The lowest BCUT2D eigenvalue weighted by molar-refractivity contribution is -0.124. The molecule has 2 N–H and O–H groups in total. The smallest absolute Gasteiger partial charge is 0.267 e. The minimum absolute atomic E-state index is 0.522. The van der Waals surface area contributed by atoms with Crippen LogP contribution in [0.2, 0.25) is 0 Å². The first-order chi connectivity index (χ1) is 9.67. The number of amides is 1. The van der Waals surface area contributed by atoms with Crippen LogP contribution in [0.25, 0.3) is 6.08 Å². The van der Waals surface area contributed by atoms with Gasteiger partial charge in [0.1, 0.15) is 0 Å². The Morgan fingerprint density at radius 1 is 1.25 bits per heavy atom. The third kappa shape index (κ3) is 4.45. The van der Waals surface area contributed by atoms with Crippen molar-refractivity contribution >= 4 is 12.0 Å². The number of carbonyl (C=O) groups is 1. The Morgan fingerprint density at radius 2 is 1.90 bits per heavy atom. The van der Waals surface area contributed by atoms with Gasteiger partial charge in [0.05, 0.1) is 0 Å². The molecule has 108 valence electrons. The average molecular weight is 275 g/mol. The molecule has 1 saturated heterocycles. The number of benzene rings is 1. The highest BCUT2D eigenvalue weighted by atomic mass is 16.5. The molecule has 20 heavy (non-hydrogen) atoms. The van der Waals surface area contributed by atoms with Crippen LogP contribution in [-0.2, 0) is 11.3 Å². The van der Waals surface area contributed by atoms with E-state index in [2.05, 4.69) is 29.0 Å². The summed E-state index contributed by atoms with van der Waals surface area (Å²) in [5.41, 5.74) is 3.78. The van der Waals surface area contributed by atoms with E-state index in [-0.39, 0.29) is 0 Å². The molecular formula is C15H21N3O2. The van der Waals surface area contributed by atoms with E-state index in [0.717, 1.165) is 38.3 Å². The molecule has 5 heteroatoms. The standard InChI is InChI=1S/C15H21N3O2/c1-17-8-10-18(11-9-17)12-14-4-2-13(3-5-14)6-7-15(19)16-20/h2-7,20H,8-12H2,1H3,(H,16,19). The van der Waals surface area contributed by atoms with E-state index in [1.807, 2.05) is 12.1 Å². The van der Waals surface area contributed by atoms with Gasteiger partial charge in [0.25, 0.3) is 5.91 Å². The summed E-state index contributed by atoms with van der Waals surface area (Å²) < 4.78 is 0. The second-order valence-electron chi connectivity index (χ2n) is 5.13.